The molecule has 26 heavy (non-hydrogen) atoms. The zero-order chi connectivity index (χ0) is 18.7. The number of fused-ring (bicyclic) bond motifs is 1. The van der Waals surface area contributed by atoms with Gasteiger partial charge in [-0.3, -0.25) is 24.1 Å². The van der Waals surface area contributed by atoms with Gasteiger partial charge in [-0.1, -0.05) is 32.6 Å². The van der Waals surface area contributed by atoms with Crippen LogP contribution in [0.15, 0.2) is 0 Å². The Morgan fingerprint density at radius 1 is 1.00 bits per heavy atom. The molecule has 2 saturated carbocycles. The minimum Gasteiger partial charge on any atom is -0.454 e. The van der Waals surface area contributed by atoms with E-state index in [0.29, 0.717) is 18.8 Å². The van der Waals surface area contributed by atoms with Crippen molar-refractivity contribution in [1.82, 2.24) is 10.2 Å². The molecule has 0 aromatic carbocycles. The van der Waals surface area contributed by atoms with E-state index in [-0.39, 0.29) is 42.2 Å². The van der Waals surface area contributed by atoms with Crippen molar-refractivity contribution in [3.05, 3.63) is 0 Å². The number of amides is 3. The molecule has 0 radical (unpaired) electrons. The van der Waals surface area contributed by atoms with Crippen LogP contribution >= 0.6 is 0 Å². The molecule has 0 aromatic heterocycles. The van der Waals surface area contributed by atoms with Crippen LogP contribution in [0.5, 0.6) is 0 Å². The maximum Gasteiger partial charge on any atom is 0.326 e. The van der Waals surface area contributed by atoms with Gasteiger partial charge in [0.05, 0.1) is 11.8 Å². The number of nitrogens with zero attached hydrogens (tertiary/aromatic N) is 1. The zero-order valence-corrected chi connectivity index (χ0v) is 15.4. The molecule has 2 aliphatic carbocycles. The van der Waals surface area contributed by atoms with Crippen LogP contribution in [0.25, 0.3) is 0 Å². The van der Waals surface area contributed by atoms with Crippen LogP contribution in [0.3, 0.4) is 0 Å². The van der Waals surface area contributed by atoms with Gasteiger partial charge in [0.1, 0.15) is 6.54 Å². The molecule has 3 fully saturated rings. The van der Waals surface area contributed by atoms with E-state index in [1.807, 2.05) is 0 Å². The van der Waals surface area contributed by atoms with Gasteiger partial charge in [-0.05, 0) is 31.6 Å². The molecule has 1 saturated heterocycles. The molecule has 1 heterocycles. The minimum atomic E-state index is -0.711. The molecule has 144 valence electrons. The number of imide groups is 1. The highest BCUT2D eigenvalue weighted by atomic mass is 16.5. The SMILES string of the molecule is C[C@@H]1CCCC[C@@H]1NC(=O)COC(=O)CN1C(=O)[C@H]2CCCC[C@H]2C1=O. The lowest BCUT2D eigenvalue weighted by molar-refractivity contribution is -0.155. The number of carbonyl (C=O) groups excluding carboxylic acids is 4. The Balaban J connectivity index is 1.44. The molecule has 1 aliphatic heterocycles. The molecule has 0 aromatic rings. The molecule has 3 rings (SSSR count). The van der Waals surface area contributed by atoms with E-state index in [1.165, 1.54) is 6.42 Å². The Hall–Kier alpha value is -1.92. The first-order chi connectivity index (χ1) is 12.5. The van der Waals surface area contributed by atoms with E-state index >= 15 is 0 Å². The van der Waals surface area contributed by atoms with E-state index < -0.39 is 12.5 Å². The van der Waals surface area contributed by atoms with Crippen LogP contribution < -0.4 is 5.32 Å². The van der Waals surface area contributed by atoms with Gasteiger partial charge < -0.3 is 10.1 Å². The summed E-state index contributed by atoms with van der Waals surface area (Å²) >= 11 is 0. The summed E-state index contributed by atoms with van der Waals surface area (Å²) in [5.41, 5.74) is 0. The smallest absolute Gasteiger partial charge is 0.326 e. The number of hydrogen-bond donors (Lipinski definition) is 1. The second-order valence-corrected chi connectivity index (χ2v) is 7.86. The van der Waals surface area contributed by atoms with Crippen LogP contribution in [-0.2, 0) is 23.9 Å². The van der Waals surface area contributed by atoms with Gasteiger partial charge in [0.2, 0.25) is 11.8 Å². The second kappa shape index (κ2) is 8.18. The molecule has 3 aliphatic rings. The first kappa shape index (κ1) is 18.9. The monoisotopic (exact) mass is 364 g/mol. The van der Waals surface area contributed by atoms with Crippen LogP contribution in [-0.4, -0.2) is 47.8 Å². The molecule has 1 N–H and O–H groups in total. The fourth-order valence-corrected chi connectivity index (χ4v) is 4.49. The Kier molecular flexibility index (Phi) is 5.94. The molecule has 0 unspecified atom stereocenters. The number of carbonyl (C=O) groups is 4. The Morgan fingerprint density at radius 2 is 1.58 bits per heavy atom. The first-order valence-electron chi connectivity index (χ1n) is 9.77. The molecular formula is C19H28N2O5. The first-order valence-corrected chi connectivity index (χ1v) is 9.77. The standard InChI is InChI=1S/C19H28N2O5/c1-12-6-2-5-9-15(12)20-16(22)11-26-17(23)10-21-18(24)13-7-3-4-8-14(13)19(21)25/h12-15H,2-11H2,1H3,(H,20,22)/t12-,13-,14+,15+/m1/s1. The summed E-state index contributed by atoms with van der Waals surface area (Å²) < 4.78 is 5.00. The Labute approximate surface area is 153 Å². The number of rotatable bonds is 5. The topological polar surface area (TPSA) is 92.8 Å². The third-order valence-electron chi connectivity index (χ3n) is 6.04. The normalized spacial score (nSPS) is 31.5. The van der Waals surface area contributed by atoms with Crippen LogP contribution in [0.1, 0.15) is 58.3 Å². The van der Waals surface area contributed by atoms with Gasteiger partial charge in [0.25, 0.3) is 5.91 Å². The summed E-state index contributed by atoms with van der Waals surface area (Å²) in [6.07, 6.45) is 7.62. The summed E-state index contributed by atoms with van der Waals surface area (Å²) in [5, 5.41) is 2.91. The summed E-state index contributed by atoms with van der Waals surface area (Å²) in [7, 11) is 0. The lowest BCUT2D eigenvalue weighted by Gasteiger charge is -2.29. The van der Waals surface area contributed by atoms with Crippen molar-refractivity contribution in [3.8, 4) is 0 Å². The number of nitrogens with one attached hydrogen (secondary N) is 1. The number of hydrogen-bond acceptors (Lipinski definition) is 5. The fraction of sp³-hybridized carbons (Fsp3) is 0.789. The summed E-state index contributed by atoms with van der Waals surface area (Å²) in [5.74, 6) is -1.71. The van der Waals surface area contributed by atoms with Crippen LogP contribution in [0, 0.1) is 17.8 Å². The largest absolute Gasteiger partial charge is 0.454 e. The van der Waals surface area contributed by atoms with E-state index in [2.05, 4.69) is 12.2 Å². The van der Waals surface area contributed by atoms with E-state index in [9.17, 15) is 19.2 Å². The fourth-order valence-electron chi connectivity index (χ4n) is 4.49. The highest BCUT2D eigenvalue weighted by Crippen LogP contribution is 2.37. The summed E-state index contributed by atoms with van der Waals surface area (Å²) in [4.78, 5) is 49.7. The molecule has 3 amide bonds. The Morgan fingerprint density at radius 3 is 2.19 bits per heavy atom. The third kappa shape index (κ3) is 4.07. The number of ether oxygens (including phenoxy) is 1. The van der Waals surface area contributed by atoms with Gasteiger partial charge in [-0.25, -0.2) is 0 Å². The second-order valence-electron chi connectivity index (χ2n) is 7.86. The molecule has 7 nitrogen and oxygen atoms in total. The molecule has 7 heteroatoms. The average Bonchev–Trinajstić information content (AvgIpc) is 2.87. The zero-order valence-electron chi connectivity index (χ0n) is 15.4. The lowest BCUT2D eigenvalue weighted by atomic mass is 9.81. The molecular weight excluding hydrogens is 336 g/mol. The van der Waals surface area contributed by atoms with Gasteiger partial charge in [0.15, 0.2) is 6.61 Å². The van der Waals surface area contributed by atoms with Gasteiger partial charge in [0, 0.05) is 6.04 Å². The highest BCUT2D eigenvalue weighted by Gasteiger charge is 2.48. The van der Waals surface area contributed by atoms with Gasteiger partial charge in [-0.15, -0.1) is 0 Å². The van der Waals surface area contributed by atoms with Crippen molar-refractivity contribution in [2.75, 3.05) is 13.2 Å². The van der Waals surface area contributed by atoms with Crippen molar-refractivity contribution < 1.29 is 23.9 Å². The van der Waals surface area contributed by atoms with Crippen molar-refractivity contribution in [2.45, 2.75) is 64.3 Å². The molecule has 0 spiro atoms. The van der Waals surface area contributed by atoms with Crippen molar-refractivity contribution in [2.24, 2.45) is 17.8 Å². The maximum absolute atomic E-state index is 12.3. The van der Waals surface area contributed by atoms with Crippen molar-refractivity contribution in [1.29, 1.82) is 0 Å². The van der Waals surface area contributed by atoms with E-state index in [4.69, 9.17) is 4.74 Å². The van der Waals surface area contributed by atoms with Gasteiger partial charge >= 0.3 is 5.97 Å². The predicted molar refractivity (Wildman–Crippen MR) is 92.7 cm³/mol. The third-order valence-corrected chi connectivity index (χ3v) is 6.04. The lowest BCUT2D eigenvalue weighted by Crippen LogP contribution is -2.43. The van der Waals surface area contributed by atoms with Crippen molar-refractivity contribution in [3.63, 3.8) is 0 Å². The summed E-state index contributed by atoms with van der Waals surface area (Å²) in [6, 6.07) is 0.125. The maximum atomic E-state index is 12.3. The Bertz CT molecular complexity index is 566. The van der Waals surface area contributed by atoms with Gasteiger partial charge in [-0.2, -0.15) is 0 Å². The number of likely N-dealkylation sites (tertiary alicyclic amines) is 1. The minimum absolute atomic E-state index is 0.125. The molecule has 4 atom stereocenters. The van der Waals surface area contributed by atoms with Crippen molar-refractivity contribution >= 4 is 23.7 Å². The molecule has 0 bridgehead atoms. The number of esters is 1. The summed E-state index contributed by atoms with van der Waals surface area (Å²) in [6.45, 7) is 1.35. The average molecular weight is 364 g/mol. The van der Waals surface area contributed by atoms with E-state index in [1.54, 1.807) is 0 Å². The van der Waals surface area contributed by atoms with Crippen LogP contribution in [0.2, 0.25) is 0 Å². The van der Waals surface area contributed by atoms with Crippen LogP contribution in [0.4, 0.5) is 0 Å². The van der Waals surface area contributed by atoms with E-state index in [0.717, 1.165) is 37.0 Å². The predicted octanol–water partition coefficient (Wildman–Crippen LogP) is 1.40. The quantitative estimate of drug-likeness (QED) is 0.588. The highest BCUT2D eigenvalue weighted by molar-refractivity contribution is 6.07.